The van der Waals surface area contributed by atoms with Crippen molar-refractivity contribution in [2.45, 2.75) is 0 Å². The fourth-order valence-electron chi connectivity index (χ4n) is 2.71. The number of non-ortho nitro benzene ring substituents is 1. The molecule has 3 aromatic rings. The fraction of sp³-hybridized carbons (Fsp3) is 0. The summed E-state index contributed by atoms with van der Waals surface area (Å²) in [5.41, 5.74) is 7.15. The van der Waals surface area contributed by atoms with Crippen LogP contribution in [0.3, 0.4) is 0 Å². The Bertz CT molecular complexity index is 1100. The third-order valence-corrected chi connectivity index (χ3v) is 4.11. The first-order valence-electron chi connectivity index (χ1n) is 7.93. The highest BCUT2D eigenvalue weighted by molar-refractivity contribution is 6.21. The normalized spacial score (nSPS) is 11.3. The van der Waals surface area contributed by atoms with Gasteiger partial charge in [0.15, 0.2) is 0 Å². The maximum atomic E-state index is 11.7. The number of benzene rings is 3. The molecule has 0 spiro atoms. The molecule has 27 heavy (non-hydrogen) atoms. The van der Waals surface area contributed by atoms with Gasteiger partial charge in [0, 0.05) is 17.7 Å². The number of nitrogens with one attached hydrogen (secondary N) is 1. The molecular formula is C20H15N3O4. The number of nitro groups is 1. The van der Waals surface area contributed by atoms with E-state index in [1.165, 1.54) is 30.3 Å². The molecule has 0 aliphatic heterocycles. The number of rotatable bonds is 5. The molecule has 3 aromatic carbocycles. The van der Waals surface area contributed by atoms with Gasteiger partial charge in [-0.25, -0.2) is 4.79 Å². The number of hydrogen-bond donors (Lipinski definition) is 3. The summed E-state index contributed by atoms with van der Waals surface area (Å²) in [6.45, 7) is 0. The summed E-state index contributed by atoms with van der Waals surface area (Å²) in [4.78, 5) is 22.0. The van der Waals surface area contributed by atoms with Crippen LogP contribution in [-0.2, 0) is 4.79 Å². The van der Waals surface area contributed by atoms with Gasteiger partial charge in [0.05, 0.1) is 10.5 Å². The third-order valence-electron chi connectivity index (χ3n) is 4.11. The first-order valence-corrected chi connectivity index (χ1v) is 7.93. The summed E-state index contributed by atoms with van der Waals surface area (Å²) in [6.07, 6.45) is 1.47. The summed E-state index contributed by atoms with van der Waals surface area (Å²) in [7, 11) is 0. The number of nitrogen functional groups attached to an aromatic ring is 1. The van der Waals surface area contributed by atoms with Gasteiger partial charge in [0.25, 0.3) is 5.69 Å². The first-order chi connectivity index (χ1) is 12.8. The minimum Gasteiger partial charge on any atom is -0.478 e. The number of amidine groups is 1. The van der Waals surface area contributed by atoms with Crippen LogP contribution < -0.4 is 5.73 Å². The van der Waals surface area contributed by atoms with Crippen molar-refractivity contribution >= 4 is 39.9 Å². The highest BCUT2D eigenvalue weighted by atomic mass is 16.6. The molecule has 0 fully saturated rings. The van der Waals surface area contributed by atoms with Gasteiger partial charge >= 0.3 is 5.97 Å². The van der Waals surface area contributed by atoms with Gasteiger partial charge in [0.1, 0.15) is 5.84 Å². The number of carboxylic acids is 1. The molecule has 0 saturated heterocycles. The zero-order valence-corrected chi connectivity index (χ0v) is 14.0. The minimum atomic E-state index is -1.10. The van der Waals surface area contributed by atoms with E-state index in [4.69, 9.17) is 11.1 Å². The molecule has 0 aliphatic carbocycles. The molecule has 0 aliphatic rings. The van der Waals surface area contributed by atoms with Crippen molar-refractivity contribution in [2.75, 3.05) is 0 Å². The van der Waals surface area contributed by atoms with Crippen LogP contribution in [0.25, 0.3) is 22.4 Å². The van der Waals surface area contributed by atoms with Gasteiger partial charge in [-0.1, -0.05) is 24.3 Å². The molecule has 0 atom stereocenters. The van der Waals surface area contributed by atoms with Gasteiger partial charge in [-0.05, 0) is 52.2 Å². The van der Waals surface area contributed by atoms with E-state index in [0.717, 1.165) is 10.8 Å². The molecule has 0 radical (unpaired) electrons. The van der Waals surface area contributed by atoms with E-state index >= 15 is 0 Å². The van der Waals surface area contributed by atoms with Crippen LogP contribution in [0.1, 0.15) is 16.7 Å². The minimum absolute atomic E-state index is 0.0368. The number of fused-ring (bicyclic) bond motifs is 1. The average molecular weight is 361 g/mol. The van der Waals surface area contributed by atoms with Crippen LogP contribution in [0, 0.1) is 15.5 Å². The second-order valence-corrected chi connectivity index (χ2v) is 5.90. The fourth-order valence-corrected chi connectivity index (χ4v) is 2.71. The van der Waals surface area contributed by atoms with E-state index in [9.17, 15) is 20.0 Å². The third kappa shape index (κ3) is 3.82. The summed E-state index contributed by atoms with van der Waals surface area (Å²) in [5, 5.41) is 29.5. The van der Waals surface area contributed by atoms with Gasteiger partial charge in [-0.3, -0.25) is 15.5 Å². The highest BCUT2D eigenvalue weighted by Gasteiger charge is 2.12. The maximum Gasteiger partial charge on any atom is 0.336 e. The molecule has 7 nitrogen and oxygen atoms in total. The van der Waals surface area contributed by atoms with E-state index in [-0.39, 0.29) is 17.1 Å². The predicted octanol–water partition coefficient (Wildman–Crippen LogP) is 3.66. The van der Waals surface area contributed by atoms with E-state index in [1.807, 2.05) is 0 Å². The first kappa shape index (κ1) is 17.8. The van der Waals surface area contributed by atoms with Crippen LogP contribution >= 0.6 is 0 Å². The number of carboxylic acid groups (broad SMARTS) is 1. The molecule has 0 heterocycles. The van der Waals surface area contributed by atoms with Crippen LogP contribution in [0.2, 0.25) is 0 Å². The Balaban J connectivity index is 2.04. The second-order valence-electron chi connectivity index (χ2n) is 5.90. The number of nitrogens with zero attached hydrogens (tertiary/aromatic N) is 1. The molecule has 0 unspecified atom stereocenters. The van der Waals surface area contributed by atoms with Crippen molar-refractivity contribution in [3.8, 4) is 0 Å². The van der Waals surface area contributed by atoms with E-state index in [1.54, 1.807) is 36.4 Å². The Morgan fingerprint density at radius 3 is 2.07 bits per heavy atom. The number of aliphatic carboxylic acids is 1. The standard InChI is InChI=1S/C20H15N3O4/c21-19(22)16-6-4-13-10-15(5-3-14(13)11-16)18(20(24)25)9-12-1-7-17(8-2-12)23(26)27/h1-11H,(H3,21,22)(H,24,25). The summed E-state index contributed by atoms with van der Waals surface area (Å²) in [6, 6.07) is 16.1. The lowest BCUT2D eigenvalue weighted by Crippen LogP contribution is -2.10. The van der Waals surface area contributed by atoms with Crippen LogP contribution in [0.5, 0.6) is 0 Å². The van der Waals surface area contributed by atoms with Gasteiger partial charge < -0.3 is 10.8 Å². The smallest absolute Gasteiger partial charge is 0.336 e. The largest absolute Gasteiger partial charge is 0.478 e. The number of nitro benzene ring substituents is 1. The van der Waals surface area contributed by atoms with Crippen LogP contribution in [0.15, 0.2) is 60.7 Å². The van der Waals surface area contributed by atoms with Crippen molar-refractivity contribution in [3.63, 3.8) is 0 Å². The molecule has 0 amide bonds. The lowest BCUT2D eigenvalue weighted by atomic mass is 9.98. The van der Waals surface area contributed by atoms with Crippen molar-refractivity contribution in [1.29, 1.82) is 5.41 Å². The Morgan fingerprint density at radius 1 is 1.00 bits per heavy atom. The molecule has 3 rings (SSSR count). The lowest BCUT2D eigenvalue weighted by Gasteiger charge is -2.07. The molecule has 134 valence electrons. The molecular weight excluding hydrogens is 346 g/mol. The van der Waals surface area contributed by atoms with Crippen molar-refractivity contribution in [3.05, 3.63) is 87.5 Å². The SMILES string of the molecule is N=C(N)c1ccc2cc(C(=Cc3ccc([N+](=O)[O-])cc3)C(=O)O)ccc2c1. The zero-order valence-electron chi connectivity index (χ0n) is 14.0. The van der Waals surface area contributed by atoms with Gasteiger partial charge in [0.2, 0.25) is 0 Å². The van der Waals surface area contributed by atoms with Crippen LogP contribution in [0.4, 0.5) is 5.69 Å². The predicted molar refractivity (Wildman–Crippen MR) is 104 cm³/mol. The van der Waals surface area contributed by atoms with Gasteiger partial charge in [-0.2, -0.15) is 0 Å². The number of nitrogens with two attached hydrogens (primary N) is 1. The van der Waals surface area contributed by atoms with Crippen LogP contribution in [-0.4, -0.2) is 21.8 Å². The second kappa shape index (κ2) is 7.09. The van der Waals surface area contributed by atoms with E-state index in [2.05, 4.69) is 0 Å². The summed E-state index contributed by atoms with van der Waals surface area (Å²) >= 11 is 0. The molecule has 0 saturated carbocycles. The number of hydrogen-bond acceptors (Lipinski definition) is 4. The van der Waals surface area contributed by atoms with E-state index in [0.29, 0.717) is 16.7 Å². The van der Waals surface area contributed by atoms with Gasteiger partial charge in [-0.15, -0.1) is 0 Å². The van der Waals surface area contributed by atoms with Crippen molar-refractivity contribution in [1.82, 2.24) is 0 Å². The maximum absolute atomic E-state index is 11.7. The zero-order chi connectivity index (χ0) is 19.6. The average Bonchev–Trinajstić information content (AvgIpc) is 2.65. The quantitative estimate of drug-likeness (QED) is 0.159. The Labute approximate surface area is 154 Å². The molecule has 0 bridgehead atoms. The highest BCUT2D eigenvalue weighted by Crippen LogP contribution is 2.25. The van der Waals surface area contributed by atoms with Crippen molar-refractivity contribution < 1.29 is 14.8 Å². The van der Waals surface area contributed by atoms with E-state index < -0.39 is 10.9 Å². The number of carbonyl (C=O) groups is 1. The lowest BCUT2D eigenvalue weighted by molar-refractivity contribution is -0.384. The summed E-state index contributed by atoms with van der Waals surface area (Å²) < 4.78 is 0. The summed E-state index contributed by atoms with van der Waals surface area (Å²) in [5.74, 6) is -1.14. The molecule has 0 aromatic heterocycles. The molecule has 7 heteroatoms. The Morgan fingerprint density at radius 2 is 1.56 bits per heavy atom. The Hall–Kier alpha value is -4.00. The monoisotopic (exact) mass is 361 g/mol. The topological polar surface area (TPSA) is 130 Å². The molecule has 4 N–H and O–H groups in total. The van der Waals surface area contributed by atoms with Crippen molar-refractivity contribution in [2.24, 2.45) is 5.73 Å². The Kier molecular flexibility index (Phi) is 4.68.